The van der Waals surface area contributed by atoms with Crippen molar-refractivity contribution in [2.24, 2.45) is 4.99 Å². The van der Waals surface area contributed by atoms with Crippen LogP contribution in [0.15, 0.2) is 73.4 Å². The molecule has 1 amide bonds. The number of amidine groups is 1. The minimum absolute atomic E-state index is 0.233. The van der Waals surface area contributed by atoms with E-state index >= 15 is 0 Å². The monoisotopic (exact) mass is 736 g/mol. The van der Waals surface area contributed by atoms with Gasteiger partial charge in [0.15, 0.2) is 5.17 Å². The molecule has 0 saturated carbocycles. The van der Waals surface area contributed by atoms with Gasteiger partial charge >= 0.3 is 0 Å². The molecule has 0 aliphatic carbocycles. The van der Waals surface area contributed by atoms with Crippen LogP contribution in [0, 0.1) is 3.57 Å². The molecule has 1 fully saturated rings. The first kappa shape index (κ1) is 25.1. The molecule has 4 rings (SSSR count). The normalized spacial score (nSPS) is 15.8. The lowest BCUT2D eigenvalue weighted by atomic mass is 10.2. The minimum atomic E-state index is -0.233. The quantitative estimate of drug-likeness (QED) is 0.211. The van der Waals surface area contributed by atoms with Crippen molar-refractivity contribution in [1.82, 2.24) is 5.32 Å². The molecule has 3 aromatic rings. The second kappa shape index (κ2) is 11.1. The van der Waals surface area contributed by atoms with E-state index in [9.17, 15) is 4.79 Å². The fourth-order valence-corrected chi connectivity index (χ4v) is 5.84. The number of halogens is 5. The third kappa shape index (κ3) is 6.35. The van der Waals surface area contributed by atoms with E-state index in [1.165, 1.54) is 15.3 Å². The Labute approximate surface area is 235 Å². The molecular formula is C23H13Br2Cl2IN2O2S. The van der Waals surface area contributed by atoms with E-state index in [4.69, 9.17) is 27.9 Å². The highest BCUT2D eigenvalue weighted by Crippen LogP contribution is 2.38. The second-order valence-electron chi connectivity index (χ2n) is 6.78. The summed E-state index contributed by atoms with van der Waals surface area (Å²) in [6.45, 7) is 0.443. The molecule has 1 saturated heterocycles. The zero-order valence-electron chi connectivity index (χ0n) is 16.5. The van der Waals surface area contributed by atoms with Crippen LogP contribution >= 0.6 is 89.4 Å². The van der Waals surface area contributed by atoms with Crippen molar-refractivity contribution in [3.63, 3.8) is 0 Å². The van der Waals surface area contributed by atoms with Crippen LogP contribution in [0.4, 0.5) is 5.69 Å². The van der Waals surface area contributed by atoms with Crippen LogP contribution in [-0.2, 0) is 11.4 Å². The van der Waals surface area contributed by atoms with E-state index in [0.717, 1.165) is 20.1 Å². The molecule has 3 aromatic carbocycles. The van der Waals surface area contributed by atoms with Crippen molar-refractivity contribution in [3.8, 4) is 5.75 Å². The van der Waals surface area contributed by atoms with E-state index < -0.39 is 0 Å². The number of rotatable bonds is 5. The van der Waals surface area contributed by atoms with Gasteiger partial charge in [-0.25, -0.2) is 4.99 Å². The maximum atomic E-state index is 12.5. The first-order valence-electron chi connectivity index (χ1n) is 9.40. The number of hydrogen-bond donors (Lipinski definition) is 1. The van der Waals surface area contributed by atoms with Gasteiger partial charge in [0.1, 0.15) is 12.4 Å². The van der Waals surface area contributed by atoms with Crippen molar-refractivity contribution in [3.05, 3.63) is 93.2 Å². The van der Waals surface area contributed by atoms with Crippen molar-refractivity contribution in [2.75, 3.05) is 0 Å². The first-order valence-corrected chi connectivity index (χ1v) is 13.6. The molecule has 168 valence electrons. The number of hydrogen-bond acceptors (Lipinski definition) is 4. The maximum Gasteiger partial charge on any atom is 0.264 e. The summed E-state index contributed by atoms with van der Waals surface area (Å²) >= 11 is 22.9. The third-order valence-corrected chi connectivity index (χ3v) is 8.03. The predicted molar refractivity (Wildman–Crippen MR) is 153 cm³/mol. The van der Waals surface area contributed by atoms with E-state index in [0.29, 0.717) is 38.2 Å². The van der Waals surface area contributed by atoms with Gasteiger partial charge in [0, 0.05) is 3.57 Å². The van der Waals surface area contributed by atoms with Crippen LogP contribution in [0.1, 0.15) is 11.1 Å². The minimum Gasteiger partial charge on any atom is -0.487 e. The zero-order chi connectivity index (χ0) is 23.5. The van der Waals surface area contributed by atoms with Gasteiger partial charge in [-0.15, -0.1) is 0 Å². The lowest BCUT2D eigenvalue weighted by Gasteiger charge is -2.12. The number of benzene rings is 3. The van der Waals surface area contributed by atoms with Gasteiger partial charge < -0.3 is 10.1 Å². The summed E-state index contributed by atoms with van der Waals surface area (Å²) in [5.41, 5.74) is 2.40. The van der Waals surface area contributed by atoms with E-state index in [-0.39, 0.29) is 5.91 Å². The van der Waals surface area contributed by atoms with E-state index in [2.05, 4.69) is 64.8 Å². The molecule has 1 heterocycles. The Balaban J connectivity index is 1.51. The highest BCUT2D eigenvalue weighted by Gasteiger charge is 2.24. The number of nitrogens with one attached hydrogen (secondary N) is 1. The molecule has 0 spiro atoms. The number of nitrogens with zero attached hydrogens (tertiary/aromatic N) is 1. The molecule has 1 N–H and O–H groups in total. The average molecular weight is 739 g/mol. The molecular weight excluding hydrogens is 726 g/mol. The van der Waals surface area contributed by atoms with Gasteiger partial charge in [-0.3, -0.25) is 4.79 Å². The van der Waals surface area contributed by atoms with Gasteiger partial charge in [0.25, 0.3) is 5.91 Å². The molecule has 4 nitrogen and oxygen atoms in total. The summed E-state index contributed by atoms with van der Waals surface area (Å²) in [7, 11) is 0. The lowest BCUT2D eigenvalue weighted by molar-refractivity contribution is -0.115. The Morgan fingerprint density at radius 3 is 2.48 bits per heavy atom. The largest absolute Gasteiger partial charge is 0.487 e. The van der Waals surface area contributed by atoms with E-state index in [1.807, 2.05) is 36.4 Å². The summed E-state index contributed by atoms with van der Waals surface area (Å²) in [6.07, 6.45) is 1.79. The van der Waals surface area contributed by atoms with Crippen LogP contribution in [0.5, 0.6) is 5.75 Å². The standard InChI is InChI=1S/C23H13Br2Cl2IN2O2S/c24-15-8-13(9-16(25)21(15)32-11-12-4-6-14(28)7-5-12)10-19-22(31)30-23(33-19)29-18-3-1-2-17(26)20(18)27/h1-10H,11H2,(H,29,30,31)/b19-10-. The van der Waals surface area contributed by atoms with E-state index in [1.54, 1.807) is 24.3 Å². The van der Waals surface area contributed by atoms with Gasteiger partial charge in [-0.05, 0) is 120 Å². The smallest absolute Gasteiger partial charge is 0.264 e. The molecule has 1 aliphatic heterocycles. The highest BCUT2D eigenvalue weighted by atomic mass is 127. The van der Waals surface area contributed by atoms with Crippen LogP contribution in [0.25, 0.3) is 6.08 Å². The molecule has 0 radical (unpaired) electrons. The van der Waals surface area contributed by atoms with Gasteiger partial charge in [-0.2, -0.15) is 0 Å². The van der Waals surface area contributed by atoms with Gasteiger partial charge in [-0.1, -0.05) is 41.4 Å². The zero-order valence-corrected chi connectivity index (χ0v) is 24.2. The topological polar surface area (TPSA) is 50.7 Å². The van der Waals surface area contributed by atoms with Gasteiger partial charge in [0.05, 0.1) is 29.6 Å². The summed E-state index contributed by atoms with van der Waals surface area (Å²) in [5, 5.41) is 3.94. The lowest BCUT2D eigenvalue weighted by Crippen LogP contribution is -2.19. The van der Waals surface area contributed by atoms with Crippen molar-refractivity contribution < 1.29 is 9.53 Å². The Morgan fingerprint density at radius 1 is 1.09 bits per heavy atom. The van der Waals surface area contributed by atoms with Crippen molar-refractivity contribution in [1.29, 1.82) is 0 Å². The van der Waals surface area contributed by atoms with Crippen LogP contribution < -0.4 is 10.1 Å². The molecule has 1 aliphatic rings. The van der Waals surface area contributed by atoms with Crippen LogP contribution in [0.3, 0.4) is 0 Å². The maximum absolute atomic E-state index is 12.5. The number of carbonyl (C=O) groups is 1. The number of thioether (sulfide) groups is 1. The van der Waals surface area contributed by atoms with Gasteiger partial charge in [0.2, 0.25) is 0 Å². The number of carbonyl (C=O) groups excluding carboxylic acids is 1. The summed E-state index contributed by atoms with van der Waals surface area (Å²) < 4.78 is 8.73. The predicted octanol–water partition coefficient (Wildman–Crippen LogP) is 8.59. The van der Waals surface area contributed by atoms with Crippen molar-refractivity contribution >= 4 is 112 Å². The molecule has 10 heteroatoms. The average Bonchev–Trinajstić information content (AvgIpc) is 3.10. The highest BCUT2D eigenvalue weighted by molar-refractivity contribution is 14.1. The SMILES string of the molecule is O=C1NC(=Nc2cccc(Cl)c2Cl)S/C1=C\c1cc(Br)c(OCc2ccc(I)cc2)c(Br)c1. The molecule has 0 unspecified atom stereocenters. The summed E-state index contributed by atoms with van der Waals surface area (Å²) in [4.78, 5) is 17.4. The number of amides is 1. The third-order valence-electron chi connectivity index (χ3n) is 4.42. The fourth-order valence-electron chi connectivity index (χ4n) is 2.86. The number of ether oxygens (including phenoxy) is 1. The van der Waals surface area contributed by atoms with Crippen LogP contribution in [0.2, 0.25) is 10.0 Å². The fraction of sp³-hybridized carbons (Fsp3) is 0.0435. The number of aliphatic imine (C=N–C) groups is 1. The second-order valence-corrected chi connectivity index (χ2v) is 11.6. The summed E-state index contributed by atoms with van der Waals surface area (Å²) in [5.74, 6) is 0.459. The first-order chi connectivity index (χ1) is 15.8. The Bertz CT molecular complexity index is 1280. The Kier molecular flexibility index (Phi) is 8.46. The Morgan fingerprint density at radius 2 is 1.79 bits per heavy atom. The molecule has 0 atom stereocenters. The van der Waals surface area contributed by atoms with Crippen LogP contribution in [-0.4, -0.2) is 11.1 Å². The van der Waals surface area contributed by atoms with Crippen molar-refractivity contribution in [2.45, 2.75) is 6.61 Å². The molecule has 0 aromatic heterocycles. The Hall–Kier alpha value is -1.04. The molecule has 33 heavy (non-hydrogen) atoms. The molecule has 0 bridgehead atoms. The summed E-state index contributed by atoms with van der Waals surface area (Å²) in [6, 6.07) is 17.1.